The van der Waals surface area contributed by atoms with Crippen molar-refractivity contribution in [2.24, 2.45) is 0 Å². The lowest BCUT2D eigenvalue weighted by Gasteiger charge is -2.14. The lowest BCUT2D eigenvalue weighted by atomic mass is 10.1. The summed E-state index contributed by atoms with van der Waals surface area (Å²) >= 11 is 5.87. The first kappa shape index (κ1) is 21.4. The number of anilines is 1. The van der Waals surface area contributed by atoms with Crippen LogP contribution in [0.2, 0.25) is 5.02 Å². The number of nitrogens with one attached hydrogen (secondary N) is 1. The van der Waals surface area contributed by atoms with E-state index in [-0.39, 0.29) is 23.0 Å². The molecule has 0 fully saturated rings. The van der Waals surface area contributed by atoms with Crippen molar-refractivity contribution in [2.45, 2.75) is 13.1 Å². The van der Waals surface area contributed by atoms with E-state index in [9.17, 15) is 18.0 Å². The van der Waals surface area contributed by atoms with Gasteiger partial charge in [0.2, 0.25) is 11.8 Å². The van der Waals surface area contributed by atoms with Crippen LogP contribution < -0.4 is 14.8 Å². The van der Waals surface area contributed by atoms with Gasteiger partial charge in [0.1, 0.15) is 0 Å². The highest BCUT2D eigenvalue weighted by Gasteiger charge is 2.29. The standard InChI is InChI=1S/C20H15ClF3N3O3/c1-12-3-2-8-25-17(12)30-19(28)27-15-9-16(13-4-6-14(21)7-5-13)18(26-10-15)29-11-20(22,23)24/h2-10H,11H2,1H3,(H,27,28). The summed E-state index contributed by atoms with van der Waals surface area (Å²) in [7, 11) is 0. The zero-order valence-electron chi connectivity index (χ0n) is 15.5. The zero-order chi connectivity index (χ0) is 21.7. The number of pyridine rings is 2. The summed E-state index contributed by atoms with van der Waals surface area (Å²) in [5.41, 5.74) is 1.59. The van der Waals surface area contributed by atoms with Gasteiger partial charge < -0.3 is 9.47 Å². The normalized spacial score (nSPS) is 11.1. The van der Waals surface area contributed by atoms with Crippen molar-refractivity contribution < 1.29 is 27.4 Å². The van der Waals surface area contributed by atoms with Gasteiger partial charge in [-0.1, -0.05) is 29.8 Å². The molecule has 1 amide bonds. The van der Waals surface area contributed by atoms with Gasteiger partial charge in [0, 0.05) is 22.3 Å². The van der Waals surface area contributed by atoms with E-state index in [0.29, 0.717) is 16.1 Å². The Balaban J connectivity index is 1.85. The van der Waals surface area contributed by atoms with E-state index in [2.05, 4.69) is 15.3 Å². The van der Waals surface area contributed by atoms with E-state index in [1.54, 1.807) is 43.3 Å². The molecule has 30 heavy (non-hydrogen) atoms. The van der Waals surface area contributed by atoms with Gasteiger partial charge in [-0.3, -0.25) is 5.32 Å². The Bertz CT molecular complexity index is 1040. The fourth-order valence-corrected chi connectivity index (χ4v) is 2.56. The number of carbonyl (C=O) groups excluding carboxylic acids is 1. The van der Waals surface area contributed by atoms with Gasteiger partial charge in [0.15, 0.2) is 6.61 Å². The Kier molecular flexibility index (Phi) is 6.41. The van der Waals surface area contributed by atoms with Crippen LogP contribution in [-0.4, -0.2) is 28.8 Å². The number of hydrogen-bond acceptors (Lipinski definition) is 5. The maximum atomic E-state index is 12.6. The van der Waals surface area contributed by atoms with Crippen LogP contribution in [0.4, 0.5) is 23.7 Å². The Hall–Kier alpha value is -3.33. The van der Waals surface area contributed by atoms with E-state index >= 15 is 0 Å². The highest BCUT2D eigenvalue weighted by Crippen LogP contribution is 2.32. The van der Waals surface area contributed by atoms with E-state index in [4.69, 9.17) is 21.1 Å². The monoisotopic (exact) mass is 437 g/mol. The molecule has 0 aliphatic heterocycles. The number of amides is 1. The van der Waals surface area contributed by atoms with E-state index < -0.39 is 18.9 Å². The summed E-state index contributed by atoms with van der Waals surface area (Å²) in [5.74, 6) is -0.111. The third-order valence-corrected chi connectivity index (χ3v) is 4.03. The van der Waals surface area contributed by atoms with Crippen molar-refractivity contribution in [1.29, 1.82) is 0 Å². The van der Waals surface area contributed by atoms with Crippen LogP contribution in [0.15, 0.2) is 54.9 Å². The Morgan fingerprint density at radius 2 is 1.87 bits per heavy atom. The summed E-state index contributed by atoms with van der Waals surface area (Å²) in [4.78, 5) is 20.0. The number of carbonyl (C=O) groups is 1. The van der Waals surface area contributed by atoms with Crippen LogP contribution in [0.5, 0.6) is 11.8 Å². The minimum atomic E-state index is -4.53. The van der Waals surface area contributed by atoms with Gasteiger partial charge in [-0.15, -0.1) is 0 Å². The number of benzene rings is 1. The predicted molar refractivity (Wildman–Crippen MR) is 105 cm³/mol. The van der Waals surface area contributed by atoms with Gasteiger partial charge in [0.25, 0.3) is 0 Å². The number of hydrogen-bond donors (Lipinski definition) is 1. The van der Waals surface area contributed by atoms with Crippen molar-refractivity contribution in [3.05, 3.63) is 65.4 Å². The molecular weight excluding hydrogens is 423 g/mol. The minimum Gasteiger partial charge on any atom is -0.468 e. The summed E-state index contributed by atoms with van der Waals surface area (Å²) < 4.78 is 47.7. The van der Waals surface area contributed by atoms with Crippen LogP contribution in [-0.2, 0) is 0 Å². The molecule has 0 spiro atoms. The third-order valence-electron chi connectivity index (χ3n) is 3.78. The topological polar surface area (TPSA) is 73.3 Å². The van der Waals surface area contributed by atoms with Crippen molar-refractivity contribution in [3.8, 4) is 22.9 Å². The lowest BCUT2D eigenvalue weighted by Crippen LogP contribution is -2.20. The SMILES string of the molecule is Cc1cccnc1OC(=O)Nc1cnc(OCC(F)(F)F)c(-c2ccc(Cl)cc2)c1. The first-order valence-electron chi connectivity index (χ1n) is 8.57. The fraction of sp³-hybridized carbons (Fsp3) is 0.150. The van der Waals surface area contributed by atoms with Crippen LogP contribution in [0, 0.1) is 6.92 Å². The molecule has 2 heterocycles. The van der Waals surface area contributed by atoms with E-state index in [0.717, 1.165) is 6.20 Å². The molecule has 2 aromatic heterocycles. The van der Waals surface area contributed by atoms with Gasteiger partial charge in [-0.25, -0.2) is 14.8 Å². The van der Waals surface area contributed by atoms with Crippen LogP contribution in [0.1, 0.15) is 5.56 Å². The van der Waals surface area contributed by atoms with E-state index in [1.165, 1.54) is 12.3 Å². The largest absolute Gasteiger partial charge is 0.468 e. The Morgan fingerprint density at radius 1 is 1.13 bits per heavy atom. The molecule has 6 nitrogen and oxygen atoms in total. The summed E-state index contributed by atoms with van der Waals surface area (Å²) in [6.45, 7) is 0.219. The molecule has 0 saturated carbocycles. The maximum Gasteiger partial charge on any atom is 0.422 e. The maximum absolute atomic E-state index is 12.6. The molecule has 0 aliphatic rings. The second-order valence-corrected chi connectivity index (χ2v) is 6.56. The van der Waals surface area contributed by atoms with Gasteiger partial charge >= 0.3 is 12.3 Å². The number of halogens is 4. The number of rotatable bonds is 5. The third kappa shape index (κ3) is 5.84. The number of nitrogens with zero attached hydrogens (tertiary/aromatic N) is 2. The predicted octanol–water partition coefficient (Wildman–Crippen LogP) is 5.66. The second-order valence-electron chi connectivity index (χ2n) is 6.13. The van der Waals surface area contributed by atoms with Crippen molar-refractivity contribution in [3.63, 3.8) is 0 Å². The molecule has 0 atom stereocenters. The average molecular weight is 438 g/mol. The molecule has 1 aromatic carbocycles. The molecule has 3 rings (SSSR count). The lowest BCUT2D eigenvalue weighted by molar-refractivity contribution is -0.154. The first-order valence-corrected chi connectivity index (χ1v) is 8.95. The zero-order valence-corrected chi connectivity index (χ0v) is 16.3. The average Bonchev–Trinajstić information content (AvgIpc) is 2.69. The quantitative estimate of drug-likeness (QED) is 0.557. The van der Waals surface area contributed by atoms with Crippen LogP contribution in [0.3, 0.4) is 0 Å². The van der Waals surface area contributed by atoms with Gasteiger partial charge in [-0.05, 0) is 36.8 Å². The summed E-state index contributed by atoms with van der Waals surface area (Å²) in [6, 6.07) is 11.2. The summed E-state index contributed by atoms with van der Waals surface area (Å²) in [5, 5.41) is 2.92. The molecule has 0 aliphatic carbocycles. The highest BCUT2D eigenvalue weighted by atomic mass is 35.5. The van der Waals surface area contributed by atoms with Gasteiger partial charge in [0.05, 0.1) is 11.9 Å². The number of aryl methyl sites for hydroxylation is 1. The molecule has 0 radical (unpaired) electrons. The summed E-state index contributed by atoms with van der Waals surface area (Å²) in [6.07, 6.45) is -2.72. The van der Waals surface area contributed by atoms with Crippen molar-refractivity contribution in [1.82, 2.24) is 9.97 Å². The van der Waals surface area contributed by atoms with Gasteiger partial charge in [-0.2, -0.15) is 13.2 Å². The number of ether oxygens (including phenoxy) is 2. The van der Waals surface area contributed by atoms with Crippen molar-refractivity contribution >= 4 is 23.4 Å². The number of alkyl halides is 3. The fourth-order valence-electron chi connectivity index (χ4n) is 2.43. The molecular formula is C20H15ClF3N3O3. The molecule has 1 N–H and O–H groups in total. The Morgan fingerprint density at radius 3 is 2.53 bits per heavy atom. The molecule has 0 saturated heterocycles. The van der Waals surface area contributed by atoms with Crippen LogP contribution >= 0.6 is 11.6 Å². The van der Waals surface area contributed by atoms with Crippen LogP contribution in [0.25, 0.3) is 11.1 Å². The first-order chi connectivity index (χ1) is 14.2. The van der Waals surface area contributed by atoms with E-state index in [1.807, 2.05) is 0 Å². The smallest absolute Gasteiger partial charge is 0.422 e. The Labute approximate surface area is 174 Å². The molecule has 10 heteroatoms. The number of aromatic nitrogens is 2. The molecule has 3 aromatic rings. The van der Waals surface area contributed by atoms with Crippen molar-refractivity contribution in [2.75, 3.05) is 11.9 Å². The molecule has 0 unspecified atom stereocenters. The molecule has 156 valence electrons. The molecule has 0 bridgehead atoms. The minimum absolute atomic E-state index is 0.131. The highest BCUT2D eigenvalue weighted by molar-refractivity contribution is 6.30. The second kappa shape index (κ2) is 9.00.